The van der Waals surface area contributed by atoms with E-state index in [-0.39, 0.29) is 17.0 Å². The molecule has 9 nitrogen and oxygen atoms in total. The van der Waals surface area contributed by atoms with Crippen LogP contribution in [0.1, 0.15) is 22.8 Å². The predicted molar refractivity (Wildman–Crippen MR) is 134 cm³/mol. The van der Waals surface area contributed by atoms with Crippen molar-refractivity contribution in [2.75, 3.05) is 30.3 Å². The molecule has 0 fully saturated rings. The molecule has 0 spiro atoms. The number of rotatable bonds is 10. The molecule has 35 heavy (non-hydrogen) atoms. The van der Waals surface area contributed by atoms with E-state index in [2.05, 4.69) is 15.4 Å². The van der Waals surface area contributed by atoms with Crippen molar-refractivity contribution < 1.29 is 27.5 Å². The van der Waals surface area contributed by atoms with Gasteiger partial charge in [0.15, 0.2) is 0 Å². The van der Waals surface area contributed by atoms with Gasteiger partial charge in [-0.25, -0.2) is 8.42 Å². The lowest BCUT2D eigenvalue weighted by atomic mass is 10.2. The first-order chi connectivity index (χ1) is 16.7. The Bertz CT molecular complexity index is 1310. The van der Waals surface area contributed by atoms with Gasteiger partial charge in [-0.2, -0.15) is 0 Å². The van der Waals surface area contributed by atoms with E-state index in [0.29, 0.717) is 29.5 Å². The first-order valence-corrected chi connectivity index (χ1v) is 12.3. The van der Waals surface area contributed by atoms with Gasteiger partial charge in [0.25, 0.3) is 15.9 Å². The van der Waals surface area contributed by atoms with E-state index in [0.717, 1.165) is 5.56 Å². The van der Waals surface area contributed by atoms with E-state index in [1.165, 1.54) is 31.4 Å². The minimum atomic E-state index is -3.94. The monoisotopic (exact) mass is 497 g/mol. The van der Waals surface area contributed by atoms with E-state index in [9.17, 15) is 18.0 Å². The fourth-order valence-corrected chi connectivity index (χ4v) is 4.29. The summed E-state index contributed by atoms with van der Waals surface area (Å²) in [5.41, 5.74) is 1.87. The highest BCUT2D eigenvalue weighted by atomic mass is 32.2. The van der Waals surface area contributed by atoms with Crippen molar-refractivity contribution in [2.45, 2.75) is 18.7 Å². The zero-order valence-electron chi connectivity index (χ0n) is 19.6. The van der Waals surface area contributed by atoms with Gasteiger partial charge in [-0.15, -0.1) is 0 Å². The number of sulfonamides is 1. The Morgan fingerprint density at radius 3 is 2.40 bits per heavy atom. The lowest BCUT2D eigenvalue weighted by Gasteiger charge is -2.12. The van der Waals surface area contributed by atoms with Gasteiger partial charge in [-0.1, -0.05) is 12.1 Å². The Labute approximate surface area is 204 Å². The van der Waals surface area contributed by atoms with Gasteiger partial charge in [0.1, 0.15) is 11.5 Å². The van der Waals surface area contributed by atoms with Crippen LogP contribution in [0.3, 0.4) is 0 Å². The zero-order chi connectivity index (χ0) is 25.4. The minimum absolute atomic E-state index is 0.0898. The third-order valence-electron chi connectivity index (χ3n) is 4.86. The number of amides is 2. The zero-order valence-corrected chi connectivity index (χ0v) is 20.4. The number of methoxy groups -OCH3 is 1. The molecule has 10 heteroatoms. The minimum Gasteiger partial charge on any atom is -0.495 e. The topological polar surface area (TPSA) is 123 Å². The van der Waals surface area contributed by atoms with Gasteiger partial charge >= 0.3 is 0 Å². The maximum atomic E-state index is 12.8. The molecule has 3 aromatic rings. The summed E-state index contributed by atoms with van der Waals surface area (Å²) < 4.78 is 38.6. The Kier molecular flexibility index (Phi) is 8.32. The summed E-state index contributed by atoms with van der Waals surface area (Å²) >= 11 is 0. The molecule has 0 bridgehead atoms. The third kappa shape index (κ3) is 6.97. The third-order valence-corrected chi connectivity index (χ3v) is 6.24. The van der Waals surface area contributed by atoms with Gasteiger partial charge in [0.05, 0.1) is 30.8 Å². The number of carbonyl (C=O) groups is 2. The van der Waals surface area contributed by atoms with Crippen LogP contribution >= 0.6 is 0 Å². The van der Waals surface area contributed by atoms with Crippen molar-refractivity contribution in [3.8, 4) is 11.5 Å². The SMILES string of the molecule is CCOc1ccc(NS(=O)(=O)c2cccc(C(=O)NCC(=O)Nc3cc(C)ccc3OC)c2)cc1. The van der Waals surface area contributed by atoms with Crippen LogP contribution in [0, 0.1) is 6.92 Å². The number of benzene rings is 3. The number of hydrogen-bond acceptors (Lipinski definition) is 6. The van der Waals surface area contributed by atoms with E-state index < -0.39 is 21.8 Å². The molecule has 0 saturated heterocycles. The Hall–Kier alpha value is -4.05. The quantitative estimate of drug-likeness (QED) is 0.394. The van der Waals surface area contributed by atoms with E-state index in [4.69, 9.17) is 9.47 Å². The molecule has 3 N–H and O–H groups in total. The molecule has 0 saturated carbocycles. The van der Waals surface area contributed by atoms with E-state index >= 15 is 0 Å². The summed E-state index contributed by atoms with van der Waals surface area (Å²) in [7, 11) is -2.45. The second-order valence-corrected chi connectivity index (χ2v) is 9.21. The second-order valence-electron chi connectivity index (χ2n) is 7.53. The fourth-order valence-electron chi connectivity index (χ4n) is 3.18. The van der Waals surface area contributed by atoms with Gasteiger partial charge in [0.2, 0.25) is 5.91 Å². The Morgan fingerprint density at radius 1 is 0.971 bits per heavy atom. The summed E-state index contributed by atoms with van der Waals surface area (Å²) in [6, 6.07) is 17.4. The average Bonchev–Trinajstić information content (AvgIpc) is 2.84. The summed E-state index contributed by atoms with van der Waals surface area (Å²) in [5.74, 6) is 0.0740. The number of carbonyl (C=O) groups excluding carboxylic acids is 2. The van der Waals surface area contributed by atoms with Crippen LogP contribution in [0.2, 0.25) is 0 Å². The lowest BCUT2D eigenvalue weighted by Crippen LogP contribution is -2.33. The molecule has 0 heterocycles. The van der Waals surface area contributed by atoms with Gasteiger partial charge in [-0.3, -0.25) is 14.3 Å². The smallest absolute Gasteiger partial charge is 0.261 e. The van der Waals surface area contributed by atoms with Crippen molar-refractivity contribution in [1.82, 2.24) is 5.32 Å². The van der Waals surface area contributed by atoms with Crippen molar-refractivity contribution in [3.63, 3.8) is 0 Å². The molecule has 3 aromatic carbocycles. The molecular formula is C25H27N3O6S. The Morgan fingerprint density at radius 2 is 1.71 bits per heavy atom. The number of aryl methyl sites for hydroxylation is 1. The summed E-state index contributed by atoms with van der Waals surface area (Å²) in [4.78, 5) is 24.8. The van der Waals surface area contributed by atoms with Gasteiger partial charge in [-0.05, 0) is 74.0 Å². The van der Waals surface area contributed by atoms with Crippen molar-refractivity contribution in [3.05, 3.63) is 77.9 Å². The van der Waals surface area contributed by atoms with Crippen LogP contribution in [0.4, 0.5) is 11.4 Å². The van der Waals surface area contributed by atoms with Crippen LogP contribution < -0.4 is 24.8 Å². The lowest BCUT2D eigenvalue weighted by molar-refractivity contribution is -0.115. The highest BCUT2D eigenvalue weighted by molar-refractivity contribution is 7.92. The molecule has 0 aromatic heterocycles. The van der Waals surface area contributed by atoms with Gasteiger partial charge in [0, 0.05) is 11.3 Å². The number of anilines is 2. The first-order valence-electron chi connectivity index (χ1n) is 10.8. The van der Waals surface area contributed by atoms with E-state index in [1.54, 1.807) is 36.4 Å². The molecule has 184 valence electrons. The standard InChI is InChI=1S/C25H27N3O6S/c1-4-34-20-11-9-19(10-12-20)28-35(31,32)21-7-5-6-18(15-21)25(30)26-16-24(29)27-22-14-17(2)8-13-23(22)33-3/h5-15,28H,4,16H2,1-3H3,(H,26,30)(H,27,29). The number of hydrogen-bond donors (Lipinski definition) is 3. The highest BCUT2D eigenvalue weighted by Crippen LogP contribution is 2.25. The van der Waals surface area contributed by atoms with Crippen molar-refractivity contribution in [1.29, 1.82) is 0 Å². The van der Waals surface area contributed by atoms with Crippen LogP contribution in [0.5, 0.6) is 11.5 Å². The molecule has 0 unspecified atom stereocenters. The van der Waals surface area contributed by atoms with Crippen LogP contribution in [0.25, 0.3) is 0 Å². The predicted octanol–water partition coefficient (Wildman–Crippen LogP) is 3.57. The maximum absolute atomic E-state index is 12.8. The maximum Gasteiger partial charge on any atom is 0.261 e. The number of nitrogens with one attached hydrogen (secondary N) is 3. The molecule has 0 aliphatic rings. The number of ether oxygens (including phenoxy) is 2. The molecule has 0 radical (unpaired) electrons. The normalized spacial score (nSPS) is 10.8. The van der Waals surface area contributed by atoms with Crippen molar-refractivity contribution >= 4 is 33.2 Å². The summed E-state index contributed by atoms with van der Waals surface area (Å²) in [6.45, 7) is 3.93. The van der Waals surface area contributed by atoms with Crippen LogP contribution in [0.15, 0.2) is 71.6 Å². The Balaban J connectivity index is 1.64. The largest absolute Gasteiger partial charge is 0.495 e. The molecule has 0 atom stereocenters. The summed E-state index contributed by atoms with van der Waals surface area (Å²) in [5, 5.41) is 5.19. The summed E-state index contributed by atoms with van der Waals surface area (Å²) in [6.07, 6.45) is 0. The molecule has 2 amide bonds. The molecule has 3 rings (SSSR count). The fraction of sp³-hybridized carbons (Fsp3) is 0.200. The van der Waals surface area contributed by atoms with Gasteiger partial charge < -0.3 is 20.1 Å². The van der Waals surface area contributed by atoms with Crippen molar-refractivity contribution in [2.24, 2.45) is 0 Å². The van der Waals surface area contributed by atoms with Crippen LogP contribution in [-0.2, 0) is 14.8 Å². The first kappa shape index (κ1) is 25.6. The molecule has 0 aliphatic carbocycles. The second kappa shape index (κ2) is 11.4. The van der Waals surface area contributed by atoms with E-state index in [1.807, 2.05) is 19.9 Å². The molecular weight excluding hydrogens is 470 g/mol. The van der Waals surface area contributed by atoms with Crippen LogP contribution in [-0.4, -0.2) is 40.5 Å². The molecule has 0 aliphatic heterocycles. The average molecular weight is 498 g/mol. The highest BCUT2D eigenvalue weighted by Gasteiger charge is 2.17.